The van der Waals surface area contributed by atoms with Gasteiger partial charge in [0.25, 0.3) is 0 Å². The summed E-state index contributed by atoms with van der Waals surface area (Å²) in [4.78, 5) is 4.31. The summed E-state index contributed by atoms with van der Waals surface area (Å²) in [6.45, 7) is 3.74. The first-order valence-electron chi connectivity index (χ1n) is 5.53. The summed E-state index contributed by atoms with van der Waals surface area (Å²) < 4.78 is 7.14. The Hall–Kier alpha value is -0.680. The summed E-state index contributed by atoms with van der Waals surface area (Å²) in [5.41, 5.74) is 0. The molecule has 0 aliphatic heterocycles. The van der Waals surface area contributed by atoms with Crippen molar-refractivity contribution >= 4 is 17.7 Å². The predicted octanol–water partition coefficient (Wildman–Crippen LogP) is 2.08. The molecule has 1 N–H and O–H groups in total. The first kappa shape index (κ1) is 13.4. The smallest absolute Gasteiger partial charge is 0.203 e. The van der Waals surface area contributed by atoms with Crippen molar-refractivity contribution in [2.75, 3.05) is 31.0 Å². The van der Waals surface area contributed by atoms with E-state index in [0.29, 0.717) is 12.6 Å². The normalized spacial score (nSPS) is 12.7. The molecule has 1 unspecified atom stereocenters. The number of nitrogens with one attached hydrogen (secondary N) is 1. The van der Waals surface area contributed by atoms with E-state index in [1.807, 2.05) is 24.2 Å². The third kappa shape index (κ3) is 4.45. The van der Waals surface area contributed by atoms with Crippen molar-refractivity contribution in [1.29, 1.82) is 0 Å². The molecule has 0 saturated heterocycles. The van der Waals surface area contributed by atoms with Crippen molar-refractivity contribution in [2.24, 2.45) is 0 Å². The molecule has 1 heterocycles. The van der Waals surface area contributed by atoms with Crippen molar-refractivity contribution in [1.82, 2.24) is 9.55 Å². The van der Waals surface area contributed by atoms with Gasteiger partial charge in [-0.3, -0.25) is 0 Å². The highest BCUT2D eigenvalue weighted by Crippen LogP contribution is 2.09. The number of aromatic nitrogens is 2. The molecule has 0 aromatic carbocycles. The van der Waals surface area contributed by atoms with Crippen LogP contribution in [0.5, 0.6) is 0 Å². The van der Waals surface area contributed by atoms with Gasteiger partial charge in [0.05, 0.1) is 6.61 Å². The molecule has 1 aromatic rings. The van der Waals surface area contributed by atoms with Gasteiger partial charge in [-0.15, -0.1) is 0 Å². The summed E-state index contributed by atoms with van der Waals surface area (Å²) in [7, 11) is 1.71. The molecule has 0 fully saturated rings. The van der Waals surface area contributed by atoms with Crippen LogP contribution in [0.4, 0.5) is 5.95 Å². The van der Waals surface area contributed by atoms with Crippen LogP contribution in [-0.4, -0.2) is 41.3 Å². The van der Waals surface area contributed by atoms with Gasteiger partial charge >= 0.3 is 0 Å². The van der Waals surface area contributed by atoms with Gasteiger partial charge in [-0.05, 0) is 25.4 Å². The van der Waals surface area contributed by atoms with Crippen LogP contribution in [0.25, 0.3) is 0 Å². The number of imidazole rings is 1. The van der Waals surface area contributed by atoms with Crippen LogP contribution in [0.2, 0.25) is 0 Å². The fraction of sp³-hybridized carbons (Fsp3) is 0.727. The van der Waals surface area contributed by atoms with E-state index in [4.69, 9.17) is 4.74 Å². The van der Waals surface area contributed by atoms with Crippen molar-refractivity contribution in [3.8, 4) is 0 Å². The maximum absolute atomic E-state index is 5.06. The largest absolute Gasteiger partial charge is 0.383 e. The first-order valence-corrected chi connectivity index (χ1v) is 6.93. The highest BCUT2D eigenvalue weighted by atomic mass is 32.2. The van der Waals surface area contributed by atoms with Gasteiger partial charge in [0.1, 0.15) is 0 Å². The molecule has 0 aliphatic carbocycles. The maximum atomic E-state index is 5.06. The molecule has 0 aliphatic rings. The van der Waals surface area contributed by atoms with E-state index >= 15 is 0 Å². The van der Waals surface area contributed by atoms with E-state index in [1.165, 1.54) is 5.75 Å². The molecule has 1 rings (SSSR count). The molecule has 92 valence electrons. The number of methoxy groups -OCH3 is 1. The number of thioether (sulfide) groups is 1. The van der Waals surface area contributed by atoms with Crippen molar-refractivity contribution in [2.45, 2.75) is 25.9 Å². The van der Waals surface area contributed by atoms with E-state index in [0.717, 1.165) is 18.9 Å². The second-order valence-corrected chi connectivity index (χ2v) is 4.75. The number of ether oxygens (including phenoxy) is 1. The molecule has 0 saturated carbocycles. The zero-order valence-electron chi connectivity index (χ0n) is 10.3. The van der Waals surface area contributed by atoms with Gasteiger partial charge in [0.15, 0.2) is 0 Å². The summed E-state index contributed by atoms with van der Waals surface area (Å²) in [6, 6.07) is 0.455. The van der Waals surface area contributed by atoms with Crippen molar-refractivity contribution < 1.29 is 4.74 Å². The standard InChI is InChI=1S/C11H21N3OS/c1-10(4-9-16-3)13-11-12-5-6-14(11)7-8-15-2/h5-6,10H,4,7-9H2,1-3H3,(H,12,13). The van der Waals surface area contributed by atoms with Gasteiger partial charge < -0.3 is 14.6 Å². The van der Waals surface area contributed by atoms with E-state index in [-0.39, 0.29) is 0 Å². The van der Waals surface area contributed by atoms with Gasteiger partial charge in [0.2, 0.25) is 5.95 Å². The number of anilines is 1. The average Bonchev–Trinajstić information content (AvgIpc) is 2.71. The third-order valence-electron chi connectivity index (χ3n) is 2.38. The Bertz CT molecular complexity index is 291. The molecular weight excluding hydrogens is 222 g/mol. The van der Waals surface area contributed by atoms with Gasteiger partial charge in [-0.1, -0.05) is 0 Å². The minimum atomic E-state index is 0.455. The summed E-state index contributed by atoms with van der Waals surface area (Å²) in [5.74, 6) is 2.11. The molecule has 0 spiro atoms. The molecule has 4 nitrogen and oxygen atoms in total. The zero-order valence-corrected chi connectivity index (χ0v) is 11.1. The Morgan fingerprint density at radius 3 is 3.12 bits per heavy atom. The molecule has 0 bridgehead atoms. The monoisotopic (exact) mass is 243 g/mol. The first-order chi connectivity index (χ1) is 7.77. The van der Waals surface area contributed by atoms with Crippen molar-refractivity contribution in [3.63, 3.8) is 0 Å². The minimum absolute atomic E-state index is 0.455. The second kappa shape index (κ2) is 7.57. The number of hydrogen-bond donors (Lipinski definition) is 1. The number of rotatable bonds is 8. The number of hydrogen-bond acceptors (Lipinski definition) is 4. The molecular formula is C11H21N3OS. The SMILES string of the molecule is COCCn1ccnc1NC(C)CCSC. The maximum Gasteiger partial charge on any atom is 0.203 e. The second-order valence-electron chi connectivity index (χ2n) is 3.76. The lowest BCUT2D eigenvalue weighted by Gasteiger charge is -2.15. The number of nitrogens with zero attached hydrogens (tertiary/aromatic N) is 2. The molecule has 0 radical (unpaired) electrons. The average molecular weight is 243 g/mol. The van der Waals surface area contributed by atoms with Crippen LogP contribution in [0, 0.1) is 0 Å². The summed E-state index contributed by atoms with van der Waals surface area (Å²) in [6.07, 6.45) is 7.08. The van der Waals surface area contributed by atoms with E-state index in [1.54, 1.807) is 7.11 Å². The van der Waals surface area contributed by atoms with E-state index in [9.17, 15) is 0 Å². The Kier molecular flexibility index (Phi) is 6.33. The zero-order chi connectivity index (χ0) is 11.8. The Morgan fingerprint density at radius 2 is 2.44 bits per heavy atom. The lowest BCUT2D eigenvalue weighted by Crippen LogP contribution is -2.19. The fourth-order valence-corrected chi connectivity index (χ4v) is 2.00. The summed E-state index contributed by atoms with van der Waals surface area (Å²) in [5, 5.41) is 3.42. The Morgan fingerprint density at radius 1 is 1.62 bits per heavy atom. The van der Waals surface area contributed by atoms with E-state index in [2.05, 4.69) is 28.0 Å². The van der Waals surface area contributed by atoms with Crippen LogP contribution in [0.3, 0.4) is 0 Å². The fourth-order valence-electron chi connectivity index (χ4n) is 1.41. The molecule has 5 heteroatoms. The van der Waals surface area contributed by atoms with Gasteiger partial charge in [-0.25, -0.2) is 4.98 Å². The van der Waals surface area contributed by atoms with Crippen LogP contribution >= 0.6 is 11.8 Å². The molecule has 16 heavy (non-hydrogen) atoms. The van der Waals surface area contributed by atoms with E-state index < -0.39 is 0 Å². The quantitative estimate of drug-likeness (QED) is 0.759. The lowest BCUT2D eigenvalue weighted by molar-refractivity contribution is 0.187. The van der Waals surface area contributed by atoms with Crippen LogP contribution < -0.4 is 5.32 Å². The molecule has 0 amide bonds. The van der Waals surface area contributed by atoms with Crippen LogP contribution in [0.15, 0.2) is 12.4 Å². The lowest BCUT2D eigenvalue weighted by atomic mass is 10.3. The third-order valence-corrected chi connectivity index (χ3v) is 3.03. The van der Waals surface area contributed by atoms with Gasteiger partial charge in [-0.2, -0.15) is 11.8 Å². The van der Waals surface area contributed by atoms with Crippen LogP contribution in [0.1, 0.15) is 13.3 Å². The van der Waals surface area contributed by atoms with Gasteiger partial charge in [0, 0.05) is 32.1 Å². The Labute approximate surface area is 102 Å². The highest BCUT2D eigenvalue weighted by Gasteiger charge is 2.06. The highest BCUT2D eigenvalue weighted by molar-refractivity contribution is 7.98. The van der Waals surface area contributed by atoms with Crippen LogP contribution in [-0.2, 0) is 11.3 Å². The van der Waals surface area contributed by atoms with Crippen molar-refractivity contribution in [3.05, 3.63) is 12.4 Å². The topological polar surface area (TPSA) is 39.1 Å². The molecule has 1 atom stereocenters. The minimum Gasteiger partial charge on any atom is -0.383 e. The summed E-state index contributed by atoms with van der Waals surface area (Å²) >= 11 is 1.87. The predicted molar refractivity (Wildman–Crippen MR) is 70.2 cm³/mol. The molecule has 1 aromatic heterocycles. The Balaban J connectivity index is 2.42.